The molecule has 7 nitrogen and oxygen atoms in total. The summed E-state index contributed by atoms with van der Waals surface area (Å²) in [5.41, 5.74) is 2.73. The quantitative estimate of drug-likeness (QED) is 0.236. The lowest BCUT2D eigenvalue weighted by Gasteiger charge is -2.23. The van der Waals surface area contributed by atoms with Gasteiger partial charge >= 0.3 is 0 Å². The van der Waals surface area contributed by atoms with Crippen molar-refractivity contribution in [1.29, 1.82) is 0 Å². The van der Waals surface area contributed by atoms with Crippen LogP contribution in [0.2, 0.25) is 0 Å². The summed E-state index contributed by atoms with van der Waals surface area (Å²) in [4.78, 5) is 19.3. The molecule has 1 unspecified atom stereocenters. The van der Waals surface area contributed by atoms with Crippen molar-refractivity contribution in [2.75, 3.05) is 19.6 Å². The van der Waals surface area contributed by atoms with Crippen LogP contribution < -0.4 is 0 Å². The third-order valence-corrected chi connectivity index (χ3v) is 7.12. The average Bonchev–Trinajstić information content (AvgIpc) is 3.43. The predicted molar refractivity (Wildman–Crippen MR) is 148 cm³/mol. The first-order valence-corrected chi connectivity index (χ1v) is 13.4. The van der Waals surface area contributed by atoms with E-state index < -0.39 is 11.6 Å². The molecule has 3 aromatic rings. The Morgan fingerprint density at radius 3 is 2.54 bits per heavy atom. The number of aromatic nitrogens is 3. The van der Waals surface area contributed by atoms with Gasteiger partial charge in [0.1, 0.15) is 18.0 Å². The van der Waals surface area contributed by atoms with Crippen LogP contribution in [0.15, 0.2) is 76.7 Å². The Hall–Kier alpha value is -4.01. The maximum atomic E-state index is 14.6. The number of rotatable bonds is 9. The highest BCUT2D eigenvalue weighted by Gasteiger charge is 2.23. The van der Waals surface area contributed by atoms with Crippen LogP contribution in [-0.4, -0.2) is 45.6 Å². The second kappa shape index (κ2) is 13.2. The molecule has 0 bridgehead atoms. The fourth-order valence-electron chi connectivity index (χ4n) is 4.77. The van der Waals surface area contributed by atoms with Gasteiger partial charge in [0.15, 0.2) is 5.82 Å². The van der Waals surface area contributed by atoms with Crippen LogP contribution in [0.1, 0.15) is 56.0 Å². The SMILES string of the molecule is CCN=N/C(=C\[C@@H]1CC=C(CN(CC)C(=O)c2ccc(-c3ncn[nH]3)cc2)CCC1C)c1c(F)cccc1F. The minimum atomic E-state index is -0.653. The number of allylic oxidation sites excluding steroid dienone is 2. The van der Waals surface area contributed by atoms with E-state index in [2.05, 4.69) is 38.4 Å². The van der Waals surface area contributed by atoms with E-state index in [1.165, 1.54) is 30.1 Å². The van der Waals surface area contributed by atoms with Crippen LogP contribution in [0.5, 0.6) is 0 Å². The molecule has 204 valence electrons. The van der Waals surface area contributed by atoms with Crippen LogP contribution in [0.3, 0.4) is 0 Å². The zero-order valence-corrected chi connectivity index (χ0v) is 22.6. The van der Waals surface area contributed by atoms with Crippen molar-refractivity contribution < 1.29 is 13.6 Å². The second-order valence-corrected chi connectivity index (χ2v) is 9.71. The van der Waals surface area contributed by atoms with Crippen molar-refractivity contribution >= 4 is 11.6 Å². The van der Waals surface area contributed by atoms with Crippen molar-refractivity contribution in [3.05, 3.63) is 89.3 Å². The number of hydrogen-bond donors (Lipinski definition) is 1. The molecule has 1 N–H and O–H groups in total. The third kappa shape index (κ3) is 6.90. The largest absolute Gasteiger partial charge is 0.335 e. The number of carbonyl (C=O) groups excluding carboxylic acids is 1. The van der Waals surface area contributed by atoms with Gasteiger partial charge in [-0.2, -0.15) is 15.3 Å². The topological polar surface area (TPSA) is 86.6 Å². The minimum absolute atomic E-state index is 0.0294. The molecular formula is C30H34F2N6O. The number of amides is 1. The summed E-state index contributed by atoms with van der Waals surface area (Å²) in [6.07, 6.45) is 7.89. The predicted octanol–water partition coefficient (Wildman–Crippen LogP) is 7.09. The van der Waals surface area contributed by atoms with Crippen molar-refractivity contribution in [3.63, 3.8) is 0 Å². The highest BCUT2D eigenvalue weighted by molar-refractivity contribution is 5.94. The Balaban J connectivity index is 1.50. The molecule has 0 spiro atoms. The van der Waals surface area contributed by atoms with E-state index in [1.54, 1.807) is 12.1 Å². The van der Waals surface area contributed by atoms with Crippen molar-refractivity contribution in [2.24, 2.45) is 22.1 Å². The average molecular weight is 533 g/mol. The number of aromatic amines is 1. The van der Waals surface area contributed by atoms with E-state index in [0.29, 0.717) is 37.4 Å². The number of H-pyrrole nitrogens is 1. The first-order valence-electron chi connectivity index (χ1n) is 13.4. The second-order valence-electron chi connectivity index (χ2n) is 9.71. The minimum Gasteiger partial charge on any atom is -0.335 e. The van der Waals surface area contributed by atoms with E-state index in [0.717, 1.165) is 18.4 Å². The van der Waals surface area contributed by atoms with Gasteiger partial charge in [-0.05, 0) is 69.2 Å². The lowest BCUT2D eigenvalue weighted by atomic mass is 9.88. The van der Waals surface area contributed by atoms with Gasteiger partial charge in [-0.1, -0.05) is 42.8 Å². The summed E-state index contributed by atoms with van der Waals surface area (Å²) in [7, 11) is 0. The molecule has 1 aliphatic rings. The van der Waals surface area contributed by atoms with Gasteiger partial charge < -0.3 is 4.90 Å². The Morgan fingerprint density at radius 2 is 1.90 bits per heavy atom. The summed E-state index contributed by atoms with van der Waals surface area (Å²) in [6, 6.07) is 11.1. The first kappa shape index (κ1) is 28.0. The Morgan fingerprint density at radius 1 is 1.15 bits per heavy atom. The zero-order chi connectivity index (χ0) is 27.8. The summed E-state index contributed by atoms with van der Waals surface area (Å²) in [5, 5.41) is 14.9. The summed E-state index contributed by atoms with van der Waals surface area (Å²) < 4.78 is 29.1. The van der Waals surface area contributed by atoms with Gasteiger partial charge in [0.25, 0.3) is 5.91 Å². The molecule has 0 fully saturated rings. The van der Waals surface area contributed by atoms with E-state index >= 15 is 0 Å². The van der Waals surface area contributed by atoms with Crippen LogP contribution in [0.4, 0.5) is 8.78 Å². The number of carbonyl (C=O) groups is 1. The first-order chi connectivity index (χ1) is 18.9. The van der Waals surface area contributed by atoms with Crippen molar-refractivity contribution in [3.8, 4) is 11.4 Å². The monoisotopic (exact) mass is 532 g/mol. The molecule has 0 radical (unpaired) electrons. The highest BCUT2D eigenvalue weighted by atomic mass is 19.1. The van der Waals surface area contributed by atoms with Gasteiger partial charge in [0.2, 0.25) is 0 Å². The van der Waals surface area contributed by atoms with Gasteiger partial charge in [-0.3, -0.25) is 9.89 Å². The molecular weight excluding hydrogens is 498 g/mol. The lowest BCUT2D eigenvalue weighted by molar-refractivity contribution is 0.0777. The molecule has 9 heteroatoms. The highest BCUT2D eigenvalue weighted by Crippen LogP contribution is 2.33. The summed E-state index contributed by atoms with van der Waals surface area (Å²) in [6.45, 7) is 7.47. The van der Waals surface area contributed by atoms with Crippen LogP contribution >= 0.6 is 0 Å². The Labute approximate surface area is 227 Å². The van der Waals surface area contributed by atoms with Crippen LogP contribution in [0.25, 0.3) is 17.1 Å². The third-order valence-electron chi connectivity index (χ3n) is 7.12. The number of nitrogens with one attached hydrogen (secondary N) is 1. The molecule has 2 atom stereocenters. The van der Waals surface area contributed by atoms with Gasteiger partial charge in [-0.25, -0.2) is 13.8 Å². The smallest absolute Gasteiger partial charge is 0.254 e. The number of hydrogen-bond acceptors (Lipinski definition) is 5. The Bertz CT molecular complexity index is 1330. The number of azo groups is 1. The lowest BCUT2D eigenvalue weighted by Crippen LogP contribution is -2.32. The van der Waals surface area contributed by atoms with Crippen molar-refractivity contribution in [2.45, 2.75) is 40.0 Å². The number of nitrogens with zero attached hydrogens (tertiary/aromatic N) is 5. The number of halogens is 2. The normalized spacial score (nSPS) is 18.2. The maximum absolute atomic E-state index is 14.6. The molecule has 1 amide bonds. The summed E-state index contributed by atoms with van der Waals surface area (Å²) in [5.74, 6) is -0.399. The molecule has 0 aliphatic heterocycles. The molecule has 0 saturated carbocycles. The van der Waals surface area contributed by atoms with E-state index in [9.17, 15) is 13.6 Å². The molecule has 1 aliphatic carbocycles. The molecule has 0 saturated heterocycles. The number of likely N-dealkylation sites (N-methyl/N-ethyl adjacent to an activating group) is 1. The zero-order valence-electron chi connectivity index (χ0n) is 22.6. The number of benzene rings is 2. The molecule has 39 heavy (non-hydrogen) atoms. The van der Waals surface area contributed by atoms with Gasteiger partial charge in [0, 0.05) is 24.2 Å². The van der Waals surface area contributed by atoms with Gasteiger partial charge in [-0.15, -0.1) is 0 Å². The van der Waals surface area contributed by atoms with Gasteiger partial charge in [0.05, 0.1) is 17.8 Å². The van der Waals surface area contributed by atoms with E-state index in [1.807, 2.05) is 37.0 Å². The van der Waals surface area contributed by atoms with Crippen LogP contribution in [0, 0.1) is 23.5 Å². The molecule has 2 aromatic carbocycles. The maximum Gasteiger partial charge on any atom is 0.254 e. The fourth-order valence-corrected chi connectivity index (χ4v) is 4.77. The fraction of sp³-hybridized carbons (Fsp3) is 0.367. The molecule has 4 rings (SSSR count). The molecule has 1 heterocycles. The Kier molecular flexibility index (Phi) is 9.46. The van der Waals surface area contributed by atoms with Crippen LogP contribution in [-0.2, 0) is 0 Å². The standard InChI is InChI=1S/C30H34F2N6O/c1-4-34-36-27(28-25(31)7-6-8-26(28)32)17-24-12-11-21(10-9-20(24)3)18-38(5-2)30(39)23-15-13-22(14-16-23)29-33-19-35-37-29/h6-8,11,13-17,19-20,24H,4-5,9-10,12,18H2,1-3H3,(H,33,35,37)/b27-17-,36-34?/t20?,24-/m0/s1. The van der Waals surface area contributed by atoms with Crippen molar-refractivity contribution in [1.82, 2.24) is 20.1 Å². The van der Waals surface area contributed by atoms with E-state index in [-0.39, 0.29) is 29.0 Å². The summed E-state index contributed by atoms with van der Waals surface area (Å²) >= 11 is 0. The van der Waals surface area contributed by atoms with E-state index in [4.69, 9.17) is 0 Å². The molecule has 1 aromatic heterocycles.